The zero-order chi connectivity index (χ0) is 27.2. The summed E-state index contributed by atoms with van der Waals surface area (Å²) in [7, 11) is 0. The zero-order valence-corrected chi connectivity index (χ0v) is 22.2. The highest BCUT2D eigenvalue weighted by atomic mass is 19.1. The van der Waals surface area contributed by atoms with Gasteiger partial charge in [-0.3, -0.25) is 9.59 Å². The summed E-state index contributed by atoms with van der Waals surface area (Å²) in [6.07, 6.45) is 1.66. The van der Waals surface area contributed by atoms with Crippen LogP contribution >= 0.6 is 0 Å². The molecule has 0 spiro atoms. The first-order chi connectivity index (χ1) is 17.7. The summed E-state index contributed by atoms with van der Waals surface area (Å²) in [6.45, 7) is 8.06. The highest BCUT2D eigenvalue weighted by molar-refractivity contribution is 5.84. The Labute approximate surface area is 219 Å². The number of aliphatic hydroxyl groups is 1. The molecule has 0 saturated carbocycles. The first kappa shape index (κ1) is 30.4. The predicted octanol–water partition coefficient (Wildman–Crippen LogP) is 4.13. The van der Waals surface area contributed by atoms with E-state index in [1.807, 2.05) is 26.0 Å². The summed E-state index contributed by atoms with van der Waals surface area (Å²) < 4.78 is 27.5. The fraction of sp³-hybridized carbons (Fsp3) is 0.517. The van der Waals surface area contributed by atoms with E-state index in [-0.39, 0.29) is 31.7 Å². The van der Waals surface area contributed by atoms with E-state index in [1.54, 1.807) is 4.90 Å². The number of benzene rings is 2. The number of carbonyl (C=O) groups is 2. The lowest BCUT2D eigenvalue weighted by Crippen LogP contribution is -2.48. The molecule has 2 rings (SSSR count). The van der Waals surface area contributed by atoms with Gasteiger partial charge in [0.2, 0.25) is 11.8 Å². The second kappa shape index (κ2) is 16.1. The monoisotopic (exact) mass is 517 g/mol. The van der Waals surface area contributed by atoms with Crippen molar-refractivity contribution in [3.63, 3.8) is 0 Å². The lowest BCUT2D eigenvalue weighted by Gasteiger charge is -2.25. The number of carbonyl (C=O) groups excluding carboxylic acids is 2. The number of nitrogens with zero attached hydrogens (tertiary/aromatic N) is 1. The van der Waals surface area contributed by atoms with E-state index >= 15 is 0 Å². The van der Waals surface area contributed by atoms with Crippen LogP contribution in [0.5, 0.6) is 0 Å². The van der Waals surface area contributed by atoms with E-state index in [1.165, 1.54) is 17.7 Å². The van der Waals surface area contributed by atoms with E-state index in [4.69, 9.17) is 0 Å². The Morgan fingerprint density at radius 2 is 1.57 bits per heavy atom. The molecule has 0 aliphatic heterocycles. The van der Waals surface area contributed by atoms with Crippen LogP contribution in [0, 0.1) is 11.6 Å². The molecule has 2 atom stereocenters. The number of halogens is 2. The van der Waals surface area contributed by atoms with Crippen molar-refractivity contribution in [3.8, 4) is 0 Å². The summed E-state index contributed by atoms with van der Waals surface area (Å²) in [5, 5.41) is 16.9. The van der Waals surface area contributed by atoms with E-state index in [0.29, 0.717) is 25.2 Å². The molecule has 0 aliphatic rings. The van der Waals surface area contributed by atoms with Crippen LogP contribution in [-0.2, 0) is 29.0 Å². The van der Waals surface area contributed by atoms with Crippen LogP contribution in [0.3, 0.4) is 0 Å². The second-order valence-corrected chi connectivity index (χ2v) is 9.41. The lowest BCUT2D eigenvalue weighted by molar-refractivity contribution is -0.134. The molecule has 204 valence electrons. The maximum Gasteiger partial charge on any atom is 0.223 e. The number of hydrogen-bond acceptors (Lipinski definition) is 4. The molecule has 37 heavy (non-hydrogen) atoms. The molecule has 2 aromatic carbocycles. The van der Waals surface area contributed by atoms with Crippen molar-refractivity contribution in [2.45, 2.75) is 78.0 Å². The van der Waals surface area contributed by atoms with Gasteiger partial charge in [-0.25, -0.2) is 8.78 Å². The van der Waals surface area contributed by atoms with Gasteiger partial charge in [-0.2, -0.15) is 0 Å². The Bertz CT molecular complexity index is 976. The molecule has 3 N–H and O–H groups in total. The van der Waals surface area contributed by atoms with Gasteiger partial charge in [-0.1, -0.05) is 45.0 Å². The summed E-state index contributed by atoms with van der Waals surface area (Å²) in [4.78, 5) is 27.0. The van der Waals surface area contributed by atoms with Crippen molar-refractivity contribution in [3.05, 3.63) is 70.8 Å². The highest BCUT2D eigenvalue weighted by Gasteiger charge is 2.23. The molecule has 2 amide bonds. The van der Waals surface area contributed by atoms with E-state index < -0.39 is 29.7 Å². The largest absolute Gasteiger partial charge is 0.390 e. The third-order valence-corrected chi connectivity index (χ3v) is 6.18. The Morgan fingerprint density at radius 1 is 0.919 bits per heavy atom. The summed E-state index contributed by atoms with van der Waals surface area (Å²) in [5.41, 5.74) is 2.61. The van der Waals surface area contributed by atoms with Crippen molar-refractivity contribution in [2.75, 3.05) is 19.6 Å². The number of amides is 2. The Hall–Kier alpha value is -2.84. The van der Waals surface area contributed by atoms with Crippen LogP contribution in [0.15, 0.2) is 42.5 Å². The standard InChI is InChI=1S/C29H41F2N3O3/c1-4-12-34(13-5-2)29(37)11-10-28(36)33-26(17-23-15-24(30)18-25(31)16-23)27(35)20-32-19-22-9-7-8-21(6-3)14-22/h7-9,14-16,18,26-27,32,35H,4-6,10-13,17,19-20H2,1-3H3,(H,33,36)/t26-,27+/m0/s1. The van der Waals surface area contributed by atoms with E-state index in [2.05, 4.69) is 29.7 Å². The predicted molar refractivity (Wildman–Crippen MR) is 142 cm³/mol. The SMILES string of the molecule is CCCN(CCC)C(=O)CCC(=O)N[C@@H](Cc1cc(F)cc(F)c1)[C@H](O)CNCc1cccc(CC)c1. The quantitative estimate of drug-likeness (QED) is 0.313. The molecule has 0 aliphatic carbocycles. The van der Waals surface area contributed by atoms with Crippen molar-refractivity contribution in [1.29, 1.82) is 0 Å². The van der Waals surface area contributed by atoms with Gasteiger partial charge in [-0.15, -0.1) is 0 Å². The molecule has 8 heteroatoms. The first-order valence-electron chi connectivity index (χ1n) is 13.2. The Morgan fingerprint density at radius 3 is 2.19 bits per heavy atom. The molecular weight excluding hydrogens is 476 g/mol. The average Bonchev–Trinajstić information content (AvgIpc) is 2.86. The minimum atomic E-state index is -1.02. The number of hydrogen-bond donors (Lipinski definition) is 3. The summed E-state index contributed by atoms with van der Waals surface area (Å²) in [5.74, 6) is -1.92. The van der Waals surface area contributed by atoms with Gasteiger partial charge in [0.1, 0.15) is 11.6 Å². The van der Waals surface area contributed by atoms with Crippen molar-refractivity contribution in [1.82, 2.24) is 15.5 Å². The molecule has 0 radical (unpaired) electrons. The third kappa shape index (κ3) is 11.0. The normalized spacial score (nSPS) is 12.7. The van der Waals surface area contributed by atoms with Crippen molar-refractivity contribution < 1.29 is 23.5 Å². The van der Waals surface area contributed by atoms with Gasteiger partial charge in [0.25, 0.3) is 0 Å². The molecule has 0 saturated heterocycles. The Balaban J connectivity index is 2.02. The smallest absolute Gasteiger partial charge is 0.223 e. The molecule has 0 unspecified atom stereocenters. The molecular formula is C29H41F2N3O3. The minimum absolute atomic E-state index is 0.0271. The zero-order valence-electron chi connectivity index (χ0n) is 22.2. The van der Waals surface area contributed by atoms with Crippen LogP contribution in [0.4, 0.5) is 8.78 Å². The number of nitrogens with one attached hydrogen (secondary N) is 2. The van der Waals surface area contributed by atoms with Gasteiger partial charge in [-0.05, 0) is 54.5 Å². The highest BCUT2D eigenvalue weighted by Crippen LogP contribution is 2.13. The van der Waals surface area contributed by atoms with Crippen LogP contribution in [0.25, 0.3) is 0 Å². The Kier molecular flexibility index (Phi) is 13.2. The van der Waals surface area contributed by atoms with Gasteiger partial charge >= 0.3 is 0 Å². The third-order valence-electron chi connectivity index (χ3n) is 6.18. The fourth-order valence-corrected chi connectivity index (χ4v) is 4.29. The maximum absolute atomic E-state index is 13.8. The van der Waals surface area contributed by atoms with Gasteiger partial charge in [0, 0.05) is 45.1 Å². The minimum Gasteiger partial charge on any atom is -0.390 e. The molecule has 0 bridgehead atoms. The lowest BCUT2D eigenvalue weighted by atomic mass is 10.00. The number of rotatable bonds is 16. The van der Waals surface area contributed by atoms with Crippen LogP contribution in [0.2, 0.25) is 0 Å². The average molecular weight is 518 g/mol. The van der Waals surface area contributed by atoms with Crippen molar-refractivity contribution in [2.24, 2.45) is 0 Å². The fourth-order valence-electron chi connectivity index (χ4n) is 4.29. The van der Waals surface area contributed by atoms with E-state index in [9.17, 15) is 23.5 Å². The molecule has 6 nitrogen and oxygen atoms in total. The van der Waals surface area contributed by atoms with Gasteiger partial charge in [0.15, 0.2) is 0 Å². The number of aliphatic hydroxyl groups excluding tert-OH is 1. The molecule has 0 heterocycles. The second-order valence-electron chi connectivity index (χ2n) is 9.41. The molecule has 2 aromatic rings. The summed E-state index contributed by atoms with van der Waals surface area (Å²) in [6, 6.07) is 10.5. The topological polar surface area (TPSA) is 81.7 Å². The van der Waals surface area contributed by atoms with Crippen LogP contribution in [-0.4, -0.2) is 53.6 Å². The van der Waals surface area contributed by atoms with Crippen molar-refractivity contribution >= 4 is 11.8 Å². The molecule has 0 fully saturated rings. The van der Waals surface area contributed by atoms with Crippen LogP contribution < -0.4 is 10.6 Å². The summed E-state index contributed by atoms with van der Waals surface area (Å²) >= 11 is 0. The van der Waals surface area contributed by atoms with Gasteiger partial charge in [0.05, 0.1) is 12.1 Å². The maximum atomic E-state index is 13.8. The van der Waals surface area contributed by atoms with Gasteiger partial charge < -0.3 is 20.6 Å². The first-order valence-corrected chi connectivity index (χ1v) is 13.2. The number of aryl methyl sites for hydroxylation is 1. The molecule has 0 aromatic heterocycles. The van der Waals surface area contributed by atoms with Crippen LogP contribution in [0.1, 0.15) is 63.1 Å². The van der Waals surface area contributed by atoms with E-state index in [0.717, 1.165) is 30.9 Å².